The first kappa shape index (κ1) is 16.6. The van der Waals surface area contributed by atoms with Crippen LogP contribution >= 0.6 is 0 Å². The summed E-state index contributed by atoms with van der Waals surface area (Å²) < 4.78 is 1.96. The highest BCUT2D eigenvalue weighted by Crippen LogP contribution is 2.31. The van der Waals surface area contributed by atoms with Crippen LogP contribution < -0.4 is 0 Å². The molecule has 3 aliphatic rings. The zero-order valence-electron chi connectivity index (χ0n) is 14.9. The van der Waals surface area contributed by atoms with E-state index in [-0.39, 0.29) is 17.9 Å². The number of likely N-dealkylation sites (tertiary alicyclic amines) is 2. The molecule has 1 unspecified atom stereocenters. The highest BCUT2D eigenvalue weighted by atomic mass is 16.2. The molecule has 1 aromatic rings. The molecule has 0 spiro atoms. The lowest BCUT2D eigenvalue weighted by Crippen LogP contribution is -2.50. The molecule has 1 atom stereocenters. The van der Waals surface area contributed by atoms with Gasteiger partial charge < -0.3 is 9.80 Å². The Bertz CT molecular complexity index is 635. The van der Waals surface area contributed by atoms with Gasteiger partial charge in [0.15, 0.2) is 0 Å². The fourth-order valence-corrected chi connectivity index (χ4v) is 4.68. The Morgan fingerprint density at radius 3 is 2.64 bits per heavy atom. The first-order valence-electron chi connectivity index (χ1n) is 9.86. The van der Waals surface area contributed by atoms with Crippen LogP contribution in [-0.2, 0) is 4.79 Å². The second-order valence-electron chi connectivity index (χ2n) is 7.69. The van der Waals surface area contributed by atoms with Gasteiger partial charge in [-0.1, -0.05) is 12.8 Å². The second kappa shape index (κ2) is 7.18. The summed E-state index contributed by atoms with van der Waals surface area (Å²) >= 11 is 0. The summed E-state index contributed by atoms with van der Waals surface area (Å²) in [6.07, 6.45) is 11.2. The summed E-state index contributed by atoms with van der Waals surface area (Å²) in [7, 11) is 0. The summed E-state index contributed by atoms with van der Waals surface area (Å²) in [5.41, 5.74) is 0.728. The van der Waals surface area contributed by atoms with Gasteiger partial charge in [0.05, 0.1) is 6.04 Å². The zero-order valence-corrected chi connectivity index (χ0v) is 14.9. The molecule has 2 aliphatic heterocycles. The average molecular weight is 344 g/mol. The number of carbonyl (C=O) groups excluding carboxylic acids is 2. The van der Waals surface area contributed by atoms with Crippen molar-refractivity contribution in [3.05, 3.63) is 18.0 Å². The Morgan fingerprint density at radius 1 is 1.08 bits per heavy atom. The number of piperidine rings is 1. The molecule has 2 amide bonds. The van der Waals surface area contributed by atoms with E-state index in [0.29, 0.717) is 19.0 Å². The van der Waals surface area contributed by atoms with Gasteiger partial charge in [-0.3, -0.25) is 14.3 Å². The first-order valence-corrected chi connectivity index (χ1v) is 9.86. The number of hydrogen-bond acceptors (Lipinski definition) is 3. The van der Waals surface area contributed by atoms with Crippen molar-refractivity contribution >= 4 is 11.8 Å². The highest BCUT2D eigenvalue weighted by Gasteiger charge is 2.33. The summed E-state index contributed by atoms with van der Waals surface area (Å²) in [5, 5.41) is 4.46. The second-order valence-corrected chi connectivity index (χ2v) is 7.69. The molecule has 0 bridgehead atoms. The van der Waals surface area contributed by atoms with E-state index in [1.807, 2.05) is 20.5 Å². The Balaban J connectivity index is 1.51. The molecule has 4 rings (SSSR count). The summed E-state index contributed by atoms with van der Waals surface area (Å²) in [6.45, 7) is 2.33. The Hall–Kier alpha value is -1.85. The van der Waals surface area contributed by atoms with Crippen LogP contribution in [-0.4, -0.2) is 57.1 Å². The molecular formula is C19H28N4O2. The third-order valence-corrected chi connectivity index (χ3v) is 6.05. The molecule has 136 valence electrons. The topological polar surface area (TPSA) is 58.4 Å². The van der Waals surface area contributed by atoms with Gasteiger partial charge in [-0.05, 0) is 44.6 Å². The minimum atomic E-state index is 0.0979. The van der Waals surface area contributed by atoms with Crippen molar-refractivity contribution in [3.63, 3.8) is 0 Å². The Morgan fingerprint density at radius 2 is 1.88 bits per heavy atom. The number of carbonyl (C=O) groups is 2. The van der Waals surface area contributed by atoms with Crippen LogP contribution in [0, 0.1) is 0 Å². The maximum Gasteiger partial charge on any atom is 0.272 e. The lowest BCUT2D eigenvalue weighted by Gasteiger charge is -2.38. The Labute approximate surface area is 149 Å². The monoisotopic (exact) mass is 344 g/mol. The molecule has 6 heteroatoms. The van der Waals surface area contributed by atoms with Crippen molar-refractivity contribution in [2.75, 3.05) is 19.6 Å². The van der Waals surface area contributed by atoms with E-state index < -0.39 is 0 Å². The van der Waals surface area contributed by atoms with Crippen molar-refractivity contribution in [2.45, 2.75) is 69.9 Å². The van der Waals surface area contributed by atoms with E-state index >= 15 is 0 Å². The minimum Gasteiger partial charge on any atom is -0.341 e. The first-order chi connectivity index (χ1) is 12.2. The number of amides is 2. The molecule has 3 fully saturated rings. The molecule has 0 aromatic carbocycles. The van der Waals surface area contributed by atoms with Crippen molar-refractivity contribution in [2.24, 2.45) is 0 Å². The van der Waals surface area contributed by atoms with Crippen LogP contribution in [0.25, 0.3) is 0 Å². The van der Waals surface area contributed by atoms with Gasteiger partial charge in [-0.2, -0.15) is 5.10 Å². The smallest absolute Gasteiger partial charge is 0.272 e. The minimum absolute atomic E-state index is 0.0979. The van der Waals surface area contributed by atoms with E-state index in [0.717, 1.165) is 57.3 Å². The predicted molar refractivity (Wildman–Crippen MR) is 94.2 cm³/mol. The molecule has 0 N–H and O–H groups in total. The molecule has 1 saturated carbocycles. The van der Waals surface area contributed by atoms with Crippen LogP contribution in [0.3, 0.4) is 0 Å². The van der Waals surface area contributed by atoms with Gasteiger partial charge in [0.25, 0.3) is 5.91 Å². The van der Waals surface area contributed by atoms with Gasteiger partial charge >= 0.3 is 0 Å². The molecule has 25 heavy (non-hydrogen) atoms. The van der Waals surface area contributed by atoms with E-state index in [1.165, 1.54) is 12.8 Å². The summed E-state index contributed by atoms with van der Waals surface area (Å²) in [4.78, 5) is 29.2. The van der Waals surface area contributed by atoms with Gasteiger partial charge in [-0.25, -0.2) is 0 Å². The summed E-state index contributed by atoms with van der Waals surface area (Å²) in [5.74, 6) is 0.342. The van der Waals surface area contributed by atoms with Gasteiger partial charge in [0.1, 0.15) is 5.69 Å². The predicted octanol–water partition coefficient (Wildman–Crippen LogP) is 2.62. The van der Waals surface area contributed by atoms with E-state index in [2.05, 4.69) is 5.10 Å². The van der Waals surface area contributed by atoms with Crippen LogP contribution in [0.1, 0.15) is 74.3 Å². The zero-order chi connectivity index (χ0) is 17.2. The van der Waals surface area contributed by atoms with Crippen LogP contribution in [0.15, 0.2) is 12.3 Å². The van der Waals surface area contributed by atoms with Gasteiger partial charge in [-0.15, -0.1) is 0 Å². The van der Waals surface area contributed by atoms with Crippen LogP contribution in [0.4, 0.5) is 0 Å². The highest BCUT2D eigenvalue weighted by molar-refractivity contribution is 5.93. The SMILES string of the molecule is O=C1CCCN1CC1CCCCN1C(=O)c1ccnn1C1CCCC1. The van der Waals surface area contributed by atoms with Crippen molar-refractivity contribution in [1.82, 2.24) is 19.6 Å². The van der Waals surface area contributed by atoms with E-state index in [4.69, 9.17) is 0 Å². The normalized spacial score (nSPS) is 25.1. The lowest BCUT2D eigenvalue weighted by atomic mass is 10.0. The third-order valence-electron chi connectivity index (χ3n) is 6.05. The molecule has 1 aliphatic carbocycles. The molecule has 0 radical (unpaired) electrons. The number of aromatic nitrogens is 2. The summed E-state index contributed by atoms with van der Waals surface area (Å²) in [6, 6.07) is 2.39. The largest absolute Gasteiger partial charge is 0.341 e. The van der Waals surface area contributed by atoms with Crippen LogP contribution in [0.5, 0.6) is 0 Å². The van der Waals surface area contributed by atoms with Crippen molar-refractivity contribution in [3.8, 4) is 0 Å². The Kier molecular flexibility index (Phi) is 4.77. The molecule has 1 aromatic heterocycles. The third kappa shape index (κ3) is 3.31. The van der Waals surface area contributed by atoms with Crippen LogP contribution in [0.2, 0.25) is 0 Å². The van der Waals surface area contributed by atoms with E-state index in [1.54, 1.807) is 6.20 Å². The van der Waals surface area contributed by atoms with Crippen molar-refractivity contribution < 1.29 is 9.59 Å². The standard InChI is InChI=1S/C19H28N4O2/c24-18-9-5-12-21(18)14-16-8-3-4-13-22(16)19(25)17-10-11-20-23(17)15-6-1-2-7-15/h10-11,15-16H,1-9,12-14H2. The maximum absolute atomic E-state index is 13.3. The molecule has 6 nitrogen and oxygen atoms in total. The molecular weight excluding hydrogens is 316 g/mol. The molecule has 3 heterocycles. The van der Waals surface area contributed by atoms with E-state index in [9.17, 15) is 9.59 Å². The maximum atomic E-state index is 13.3. The fraction of sp³-hybridized carbons (Fsp3) is 0.737. The van der Waals surface area contributed by atoms with Gasteiger partial charge in [0, 0.05) is 38.3 Å². The molecule has 2 saturated heterocycles. The quantitative estimate of drug-likeness (QED) is 0.844. The fourth-order valence-electron chi connectivity index (χ4n) is 4.68. The number of nitrogens with zero attached hydrogens (tertiary/aromatic N) is 4. The number of rotatable bonds is 4. The lowest BCUT2D eigenvalue weighted by molar-refractivity contribution is -0.128. The number of hydrogen-bond donors (Lipinski definition) is 0. The average Bonchev–Trinajstić information content (AvgIpc) is 3.36. The van der Waals surface area contributed by atoms with Crippen molar-refractivity contribution in [1.29, 1.82) is 0 Å². The van der Waals surface area contributed by atoms with Gasteiger partial charge in [0.2, 0.25) is 5.91 Å².